The number of hydrogen-bond acceptors (Lipinski definition) is 5. The van der Waals surface area contributed by atoms with E-state index in [9.17, 15) is 4.79 Å². The first-order valence-electron chi connectivity index (χ1n) is 9.18. The molecule has 0 aliphatic heterocycles. The molecule has 6 heteroatoms. The third-order valence-electron chi connectivity index (χ3n) is 4.65. The van der Waals surface area contributed by atoms with Crippen molar-refractivity contribution in [3.05, 3.63) is 47.4 Å². The predicted molar refractivity (Wildman–Crippen MR) is 102 cm³/mol. The largest absolute Gasteiger partial charge is 0.496 e. The number of carbonyl (C=O) groups excluding carboxylic acids is 1. The average Bonchev–Trinajstić information content (AvgIpc) is 3.14. The monoisotopic (exact) mass is 354 g/mol. The van der Waals surface area contributed by atoms with Crippen molar-refractivity contribution in [2.45, 2.75) is 45.1 Å². The molecule has 0 atom stereocenters. The number of hydrogen-bond donors (Lipinski definition) is 2. The Hall–Kier alpha value is -2.63. The highest BCUT2D eigenvalue weighted by atomic mass is 16.5. The second kappa shape index (κ2) is 8.65. The number of rotatable bonds is 7. The van der Waals surface area contributed by atoms with Gasteiger partial charge >= 0.3 is 0 Å². The van der Waals surface area contributed by atoms with Crippen molar-refractivity contribution in [3.63, 3.8) is 0 Å². The molecular formula is C20H26N4O2. The highest BCUT2D eigenvalue weighted by molar-refractivity contribution is 5.93. The first-order chi connectivity index (χ1) is 12.7. The van der Waals surface area contributed by atoms with E-state index in [4.69, 9.17) is 4.74 Å². The van der Waals surface area contributed by atoms with Gasteiger partial charge in [0.25, 0.3) is 5.91 Å². The fourth-order valence-electron chi connectivity index (χ4n) is 3.34. The van der Waals surface area contributed by atoms with Gasteiger partial charge in [0.2, 0.25) is 0 Å². The van der Waals surface area contributed by atoms with E-state index in [1.807, 2.05) is 24.3 Å². The number of nitrogens with zero attached hydrogens (tertiary/aromatic N) is 2. The predicted octanol–water partition coefficient (Wildman–Crippen LogP) is 3.12. The Morgan fingerprint density at radius 2 is 2.00 bits per heavy atom. The summed E-state index contributed by atoms with van der Waals surface area (Å²) in [5.41, 5.74) is 1.55. The molecule has 26 heavy (non-hydrogen) atoms. The summed E-state index contributed by atoms with van der Waals surface area (Å²) >= 11 is 0. The maximum atomic E-state index is 12.4. The zero-order chi connectivity index (χ0) is 18.4. The van der Waals surface area contributed by atoms with Crippen molar-refractivity contribution in [1.82, 2.24) is 15.3 Å². The second-order valence-electron chi connectivity index (χ2n) is 6.63. The van der Waals surface area contributed by atoms with Gasteiger partial charge in [-0.2, -0.15) is 0 Å². The van der Waals surface area contributed by atoms with Crippen molar-refractivity contribution in [2.24, 2.45) is 0 Å². The van der Waals surface area contributed by atoms with Crippen LogP contribution in [0.1, 0.15) is 47.6 Å². The van der Waals surface area contributed by atoms with Gasteiger partial charge < -0.3 is 15.4 Å². The quantitative estimate of drug-likeness (QED) is 0.799. The molecule has 0 saturated heterocycles. The number of aromatic nitrogens is 2. The molecule has 1 aromatic heterocycles. The molecule has 1 aliphatic rings. The molecule has 1 saturated carbocycles. The van der Waals surface area contributed by atoms with Crippen LogP contribution >= 0.6 is 0 Å². The number of nitrogens with one attached hydrogen (secondary N) is 2. The molecule has 0 bridgehead atoms. The van der Waals surface area contributed by atoms with Gasteiger partial charge in [-0.15, -0.1) is 0 Å². The van der Waals surface area contributed by atoms with Gasteiger partial charge in [-0.3, -0.25) is 4.79 Å². The molecule has 0 radical (unpaired) electrons. The number of carbonyl (C=O) groups is 1. The van der Waals surface area contributed by atoms with Crippen LogP contribution in [0.2, 0.25) is 0 Å². The number of methoxy groups -OCH3 is 1. The molecule has 138 valence electrons. The number of para-hydroxylation sites is 1. The van der Waals surface area contributed by atoms with Crippen molar-refractivity contribution in [3.8, 4) is 5.75 Å². The number of aryl methyl sites for hydroxylation is 1. The minimum absolute atomic E-state index is 0.116. The lowest BCUT2D eigenvalue weighted by Crippen LogP contribution is -2.33. The van der Waals surface area contributed by atoms with Crippen molar-refractivity contribution in [1.29, 1.82) is 0 Å². The summed E-state index contributed by atoms with van der Waals surface area (Å²) in [6, 6.07) is 9.96. The number of amides is 1. The number of benzene rings is 1. The van der Waals surface area contributed by atoms with Crippen LogP contribution in [0.25, 0.3) is 0 Å². The minimum Gasteiger partial charge on any atom is -0.496 e. The first kappa shape index (κ1) is 18.2. The summed E-state index contributed by atoms with van der Waals surface area (Å²) in [5.74, 6) is 2.02. The lowest BCUT2D eigenvalue weighted by atomic mass is 10.1. The maximum Gasteiger partial charge on any atom is 0.270 e. The molecule has 6 nitrogen and oxygen atoms in total. The summed E-state index contributed by atoms with van der Waals surface area (Å²) in [6.45, 7) is 2.50. The zero-order valence-electron chi connectivity index (χ0n) is 15.4. The SMILES string of the molecule is COc1ccccc1CCNc1cc(C(=O)NC2CCCC2)nc(C)n1. The Kier molecular flexibility index (Phi) is 6.04. The third kappa shape index (κ3) is 4.71. The van der Waals surface area contributed by atoms with Gasteiger partial charge in [0.05, 0.1) is 7.11 Å². The summed E-state index contributed by atoms with van der Waals surface area (Å²) in [5, 5.41) is 6.36. The Morgan fingerprint density at radius 3 is 2.77 bits per heavy atom. The standard InChI is InChI=1S/C20H26N4O2/c1-14-22-17(20(25)24-16-8-4-5-9-16)13-19(23-14)21-12-11-15-7-3-6-10-18(15)26-2/h3,6-7,10,13,16H,4-5,8-9,11-12H2,1-2H3,(H,24,25)(H,21,22,23). The summed E-state index contributed by atoms with van der Waals surface area (Å²) in [4.78, 5) is 21.1. The molecule has 1 heterocycles. The Morgan fingerprint density at radius 1 is 1.23 bits per heavy atom. The maximum absolute atomic E-state index is 12.4. The van der Waals surface area contributed by atoms with E-state index >= 15 is 0 Å². The highest BCUT2D eigenvalue weighted by Crippen LogP contribution is 2.19. The Labute approximate surface area is 154 Å². The van der Waals surface area contributed by atoms with Crippen molar-refractivity contribution in [2.75, 3.05) is 19.0 Å². The van der Waals surface area contributed by atoms with Crippen LogP contribution in [-0.4, -0.2) is 35.6 Å². The third-order valence-corrected chi connectivity index (χ3v) is 4.65. The summed E-state index contributed by atoms with van der Waals surface area (Å²) in [7, 11) is 1.68. The van der Waals surface area contributed by atoms with Gasteiger partial charge in [-0.1, -0.05) is 31.0 Å². The molecule has 2 N–H and O–H groups in total. The van der Waals surface area contributed by atoms with Gasteiger partial charge in [-0.05, 0) is 37.8 Å². The van der Waals surface area contributed by atoms with E-state index in [2.05, 4.69) is 20.6 Å². The van der Waals surface area contributed by atoms with E-state index in [-0.39, 0.29) is 11.9 Å². The van der Waals surface area contributed by atoms with Crippen molar-refractivity contribution < 1.29 is 9.53 Å². The van der Waals surface area contributed by atoms with Crippen LogP contribution in [-0.2, 0) is 6.42 Å². The smallest absolute Gasteiger partial charge is 0.270 e. The molecule has 0 unspecified atom stereocenters. The fraction of sp³-hybridized carbons (Fsp3) is 0.450. The zero-order valence-corrected chi connectivity index (χ0v) is 15.4. The van der Waals surface area contributed by atoms with E-state index < -0.39 is 0 Å². The van der Waals surface area contributed by atoms with E-state index in [0.29, 0.717) is 23.9 Å². The molecule has 1 aliphatic carbocycles. The molecule has 3 rings (SSSR count). The fourth-order valence-corrected chi connectivity index (χ4v) is 3.34. The number of anilines is 1. The Balaban J connectivity index is 1.61. The van der Waals surface area contributed by atoms with Crippen LogP contribution in [0, 0.1) is 6.92 Å². The molecule has 1 fully saturated rings. The van der Waals surface area contributed by atoms with Crippen LogP contribution in [0.5, 0.6) is 5.75 Å². The first-order valence-corrected chi connectivity index (χ1v) is 9.18. The lowest BCUT2D eigenvalue weighted by Gasteiger charge is -2.13. The lowest BCUT2D eigenvalue weighted by molar-refractivity contribution is 0.0932. The molecule has 2 aromatic rings. The Bertz CT molecular complexity index is 757. The molecule has 0 spiro atoms. The summed E-state index contributed by atoms with van der Waals surface area (Å²) < 4.78 is 5.37. The average molecular weight is 354 g/mol. The van der Waals surface area contributed by atoms with Gasteiger partial charge in [0.15, 0.2) is 0 Å². The summed E-state index contributed by atoms with van der Waals surface area (Å²) in [6.07, 6.45) is 5.28. The molecule has 1 aromatic carbocycles. The van der Waals surface area contributed by atoms with E-state index in [1.165, 1.54) is 12.8 Å². The minimum atomic E-state index is -0.116. The van der Waals surface area contributed by atoms with Gasteiger partial charge in [-0.25, -0.2) is 9.97 Å². The van der Waals surface area contributed by atoms with Crippen LogP contribution in [0.15, 0.2) is 30.3 Å². The molecular weight excluding hydrogens is 328 g/mol. The van der Waals surface area contributed by atoms with E-state index in [1.54, 1.807) is 20.1 Å². The van der Waals surface area contributed by atoms with Crippen molar-refractivity contribution >= 4 is 11.7 Å². The van der Waals surface area contributed by atoms with Gasteiger partial charge in [0.1, 0.15) is 23.1 Å². The molecule has 1 amide bonds. The van der Waals surface area contributed by atoms with Crippen LogP contribution in [0.4, 0.5) is 5.82 Å². The van der Waals surface area contributed by atoms with E-state index in [0.717, 1.165) is 30.6 Å². The topological polar surface area (TPSA) is 76.1 Å². The second-order valence-corrected chi connectivity index (χ2v) is 6.63. The van der Waals surface area contributed by atoms with Crippen LogP contribution in [0.3, 0.4) is 0 Å². The van der Waals surface area contributed by atoms with Gasteiger partial charge in [0, 0.05) is 18.7 Å². The normalized spacial score (nSPS) is 14.2. The number of ether oxygens (including phenoxy) is 1. The van der Waals surface area contributed by atoms with Crippen LogP contribution < -0.4 is 15.4 Å². The highest BCUT2D eigenvalue weighted by Gasteiger charge is 2.19.